The maximum atomic E-state index is 12.4. The van der Waals surface area contributed by atoms with Crippen LogP contribution in [0.5, 0.6) is 5.75 Å². The molecular formula is C22H22N2O4S. The van der Waals surface area contributed by atoms with Gasteiger partial charge in [-0.15, -0.1) is 11.8 Å². The summed E-state index contributed by atoms with van der Waals surface area (Å²) < 4.78 is 10.6. The second-order valence-corrected chi connectivity index (χ2v) is 7.85. The van der Waals surface area contributed by atoms with Gasteiger partial charge in [-0.3, -0.25) is 14.9 Å². The number of H-pyrrole nitrogens is 1. The quantitative estimate of drug-likeness (QED) is 0.457. The normalized spacial score (nSPS) is 18.7. The number of rotatable bonds is 7. The summed E-state index contributed by atoms with van der Waals surface area (Å²) in [6.07, 6.45) is 1.91. The molecule has 0 bridgehead atoms. The van der Waals surface area contributed by atoms with Crippen molar-refractivity contribution in [3.05, 3.63) is 65.9 Å². The van der Waals surface area contributed by atoms with Crippen LogP contribution in [0.3, 0.4) is 0 Å². The fraction of sp³-hybridized carbons (Fsp3) is 0.273. The Morgan fingerprint density at radius 1 is 1.14 bits per heavy atom. The molecule has 29 heavy (non-hydrogen) atoms. The van der Waals surface area contributed by atoms with Crippen LogP contribution in [0.2, 0.25) is 0 Å². The standard InChI is InChI=1S/C22H22N2O4S/c1-2-27-15-8-6-14(7-9-15)20(25)12-28-22(26)19-13-29-21(24-19)17-4-3-5-18-16(17)10-11-23-18/h3-11,19,21,23-24H,2,12-13H2,1H3/t19-,21+/m1/s1. The van der Waals surface area contributed by atoms with E-state index in [1.807, 2.05) is 31.3 Å². The van der Waals surface area contributed by atoms with Gasteiger partial charge in [-0.1, -0.05) is 12.1 Å². The van der Waals surface area contributed by atoms with Crippen molar-refractivity contribution in [2.75, 3.05) is 19.0 Å². The van der Waals surface area contributed by atoms with E-state index in [0.29, 0.717) is 23.7 Å². The molecule has 1 saturated heterocycles. The summed E-state index contributed by atoms with van der Waals surface area (Å²) in [6.45, 7) is 2.20. The summed E-state index contributed by atoms with van der Waals surface area (Å²) >= 11 is 1.66. The van der Waals surface area contributed by atoms with E-state index < -0.39 is 12.0 Å². The van der Waals surface area contributed by atoms with Crippen molar-refractivity contribution < 1.29 is 19.1 Å². The highest BCUT2D eigenvalue weighted by molar-refractivity contribution is 7.99. The van der Waals surface area contributed by atoms with Gasteiger partial charge in [-0.2, -0.15) is 0 Å². The SMILES string of the molecule is CCOc1ccc(C(=O)COC(=O)[C@H]2CS[C@@H](c3cccc4[nH]ccc34)N2)cc1. The van der Waals surface area contributed by atoms with Crippen LogP contribution in [0, 0.1) is 0 Å². The molecule has 7 heteroatoms. The smallest absolute Gasteiger partial charge is 0.324 e. The highest BCUT2D eigenvalue weighted by atomic mass is 32.2. The monoisotopic (exact) mass is 410 g/mol. The predicted octanol–water partition coefficient (Wildman–Crippen LogP) is 3.70. The molecule has 2 aromatic carbocycles. The van der Waals surface area contributed by atoms with Gasteiger partial charge in [0, 0.05) is 28.4 Å². The average molecular weight is 410 g/mol. The van der Waals surface area contributed by atoms with Crippen LogP contribution in [-0.4, -0.2) is 41.7 Å². The minimum absolute atomic E-state index is 0.00821. The molecule has 4 rings (SSSR count). The zero-order valence-electron chi connectivity index (χ0n) is 16.0. The van der Waals surface area contributed by atoms with Crippen molar-refractivity contribution in [1.29, 1.82) is 0 Å². The molecule has 1 aliphatic heterocycles. The molecule has 0 aliphatic carbocycles. The van der Waals surface area contributed by atoms with E-state index in [1.165, 1.54) is 0 Å². The fourth-order valence-corrected chi connectivity index (χ4v) is 4.61. The number of aromatic nitrogens is 1. The van der Waals surface area contributed by atoms with Gasteiger partial charge in [-0.25, -0.2) is 0 Å². The van der Waals surface area contributed by atoms with Gasteiger partial charge in [0.05, 0.1) is 12.0 Å². The summed E-state index contributed by atoms with van der Waals surface area (Å²) in [5, 5.41) is 4.47. The molecule has 0 radical (unpaired) electrons. The third-order valence-corrected chi connectivity index (χ3v) is 6.06. The van der Waals surface area contributed by atoms with Crippen LogP contribution in [-0.2, 0) is 9.53 Å². The van der Waals surface area contributed by atoms with Gasteiger partial charge in [0.15, 0.2) is 12.4 Å². The highest BCUT2D eigenvalue weighted by Crippen LogP contribution is 2.36. The Bertz CT molecular complexity index is 1020. The van der Waals surface area contributed by atoms with Gasteiger partial charge in [-0.05, 0) is 48.9 Å². The molecule has 1 aromatic heterocycles. The van der Waals surface area contributed by atoms with Gasteiger partial charge in [0.2, 0.25) is 0 Å². The lowest BCUT2D eigenvalue weighted by atomic mass is 10.1. The number of esters is 1. The molecule has 3 aromatic rings. The van der Waals surface area contributed by atoms with E-state index in [-0.39, 0.29) is 17.8 Å². The molecular weight excluding hydrogens is 388 g/mol. The van der Waals surface area contributed by atoms with Gasteiger partial charge in [0.1, 0.15) is 11.8 Å². The Balaban J connectivity index is 1.32. The van der Waals surface area contributed by atoms with E-state index >= 15 is 0 Å². The number of Topliss-reactive ketones (excluding diaryl/α,β-unsaturated/α-hetero) is 1. The van der Waals surface area contributed by atoms with Gasteiger partial charge < -0.3 is 14.5 Å². The Morgan fingerprint density at radius 2 is 1.97 bits per heavy atom. The second-order valence-electron chi connectivity index (χ2n) is 6.71. The zero-order valence-corrected chi connectivity index (χ0v) is 16.8. The summed E-state index contributed by atoms with van der Waals surface area (Å²) in [6, 6.07) is 14.5. The maximum absolute atomic E-state index is 12.4. The zero-order chi connectivity index (χ0) is 20.2. The molecule has 0 unspecified atom stereocenters. The molecule has 2 N–H and O–H groups in total. The highest BCUT2D eigenvalue weighted by Gasteiger charge is 2.32. The third kappa shape index (κ3) is 4.31. The van der Waals surface area contributed by atoms with Crippen LogP contribution >= 0.6 is 11.8 Å². The van der Waals surface area contributed by atoms with E-state index in [4.69, 9.17) is 9.47 Å². The van der Waals surface area contributed by atoms with Crippen LogP contribution in [0.4, 0.5) is 0 Å². The van der Waals surface area contributed by atoms with Crippen molar-refractivity contribution in [3.8, 4) is 5.75 Å². The van der Waals surface area contributed by atoms with E-state index in [2.05, 4.69) is 16.4 Å². The number of fused-ring (bicyclic) bond motifs is 1. The molecule has 0 spiro atoms. The van der Waals surface area contributed by atoms with Gasteiger partial charge in [0.25, 0.3) is 0 Å². The fourth-order valence-electron chi connectivity index (χ4n) is 3.35. The van der Waals surface area contributed by atoms with Crippen molar-refractivity contribution in [1.82, 2.24) is 10.3 Å². The van der Waals surface area contributed by atoms with E-state index in [0.717, 1.165) is 16.5 Å². The Labute approximate surface area is 173 Å². The first-order valence-electron chi connectivity index (χ1n) is 9.52. The number of ether oxygens (including phenoxy) is 2. The summed E-state index contributed by atoms with van der Waals surface area (Å²) in [5.74, 6) is 0.666. The first-order chi connectivity index (χ1) is 14.2. The molecule has 0 amide bonds. The molecule has 1 fully saturated rings. The first-order valence-corrected chi connectivity index (χ1v) is 10.6. The number of ketones is 1. The molecule has 0 saturated carbocycles. The molecule has 1 aliphatic rings. The number of hydrogen-bond donors (Lipinski definition) is 2. The number of hydrogen-bond acceptors (Lipinski definition) is 6. The van der Waals surface area contributed by atoms with Crippen molar-refractivity contribution >= 4 is 34.4 Å². The summed E-state index contributed by atoms with van der Waals surface area (Å²) in [4.78, 5) is 27.9. The van der Waals surface area contributed by atoms with Crippen LogP contribution < -0.4 is 10.1 Å². The molecule has 2 heterocycles. The lowest BCUT2D eigenvalue weighted by molar-refractivity contribution is -0.144. The van der Waals surface area contributed by atoms with Crippen molar-refractivity contribution in [2.45, 2.75) is 18.3 Å². The summed E-state index contributed by atoms with van der Waals surface area (Å²) in [7, 11) is 0. The largest absolute Gasteiger partial charge is 0.494 e. The van der Waals surface area contributed by atoms with E-state index in [9.17, 15) is 9.59 Å². The number of benzene rings is 2. The second kappa shape index (κ2) is 8.71. The predicted molar refractivity (Wildman–Crippen MR) is 113 cm³/mol. The lowest BCUT2D eigenvalue weighted by Crippen LogP contribution is -2.36. The van der Waals surface area contributed by atoms with Crippen LogP contribution in [0.15, 0.2) is 54.7 Å². The summed E-state index contributed by atoms with van der Waals surface area (Å²) in [5.41, 5.74) is 2.69. The molecule has 2 atom stereocenters. The van der Waals surface area contributed by atoms with Crippen molar-refractivity contribution in [3.63, 3.8) is 0 Å². The number of carbonyl (C=O) groups excluding carboxylic acids is 2. The Hall–Kier alpha value is -2.77. The lowest BCUT2D eigenvalue weighted by Gasteiger charge is -2.14. The molecule has 6 nitrogen and oxygen atoms in total. The average Bonchev–Trinajstić information content (AvgIpc) is 3.42. The number of nitrogens with one attached hydrogen (secondary N) is 2. The molecule has 150 valence electrons. The third-order valence-electron chi connectivity index (χ3n) is 4.81. The number of carbonyl (C=O) groups is 2. The number of aromatic amines is 1. The number of thioether (sulfide) groups is 1. The topological polar surface area (TPSA) is 80.4 Å². The van der Waals surface area contributed by atoms with Crippen LogP contribution in [0.25, 0.3) is 10.9 Å². The van der Waals surface area contributed by atoms with Gasteiger partial charge >= 0.3 is 5.97 Å². The Kier molecular flexibility index (Phi) is 5.87. The van der Waals surface area contributed by atoms with Crippen molar-refractivity contribution in [2.24, 2.45) is 0 Å². The minimum Gasteiger partial charge on any atom is -0.494 e. The minimum atomic E-state index is -0.438. The first kappa shape index (κ1) is 19.5. The maximum Gasteiger partial charge on any atom is 0.324 e. The van der Waals surface area contributed by atoms with Crippen LogP contribution in [0.1, 0.15) is 28.2 Å². The Morgan fingerprint density at radius 3 is 2.76 bits per heavy atom. The van der Waals surface area contributed by atoms with E-state index in [1.54, 1.807) is 36.0 Å².